The van der Waals surface area contributed by atoms with Gasteiger partial charge in [0.15, 0.2) is 0 Å². The van der Waals surface area contributed by atoms with Gasteiger partial charge in [-0.2, -0.15) is 0 Å². The molecule has 170 valence electrons. The molecule has 0 amide bonds. The summed E-state index contributed by atoms with van der Waals surface area (Å²) in [5.41, 5.74) is 4.31. The third-order valence-corrected chi connectivity index (χ3v) is 5.84. The van der Waals surface area contributed by atoms with E-state index in [4.69, 9.17) is 9.47 Å². The summed E-state index contributed by atoms with van der Waals surface area (Å²) in [6.07, 6.45) is 1.19. The molecule has 0 aromatic heterocycles. The molecule has 0 fully saturated rings. The van der Waals surface area contributed by atoms with E-state index < -0.39 is 0 Å². The predicted molar refractivity (Wildman–Crippen MR) is 128 cm³/mol. The van der Waals surface area contributed by atoms with E-state index in [1.165, 1.54) is 0 Å². The van der Waals surface area contributed by atoms with Crippen LogP contribution in [0.4, 0.5) is 11.4 Å². The van der Waals surface area contributed by atoms with E-state index in [9.17, 15) is 10.4 Å². The molecule has 0 saturated heterocycles. The minimum atomic E-state index is 0.331. The highest BCUT2D eigenvalue weighted by molar-refractivity contribution is 5.49. The van der Waals surface area contributed by atoms with E-state index in [0.717, 1.165) is 22.3 Å². The van der Waals surface area contributed by atoms with E-state index in [1.54, 1.807) is 24.3 Å². The van der Waals surface area contributed by atoms with Crippen LogP contribution in [0, 0.1) is 10.4 Å². The first-order chi connectivity index (χ1) is 16.7. The van der Waals surface area contributed by atoms with Crippen LogP contribution < -0.4 is 9.47 Å². The fraction of sp³-hybridized carbons (Fsp3) is 0.143. The summed E-state index contributed by atoms with van der Waals surface area (Å²) in [6.45, 7) is 0.860. The lowest BCUT2D eigenvalue weighted by atomic mass is 10.0. The van der Waals surface area contributed by atoms with Crippen molar-refractivity contribution in [3.8, 4) is 11.5 Å². The highest BCUT2D eigenvalue weighted by Crippen LogP contribution is 2.33. The van der Waals surface area contributed by atoms with Gasteiger partial charge in [-0.25, -0.2) is 0 Å². The number of benzene rings is 4. The van der Waals surface area contributed by atoms with Gasteiger partial charge in [0.2, 0.25) is 0 Å². The standard InChI is InChI=1S/C28H24N2O4/c31-29-27-15-13-25(33-19-21-7-3-1-4-8-21)17-23(27)11-12-24-18-26(14-16-28(24)30(29)32)34-20-22-9-5-2-6-10-22/h1-10,13-18H,11-12,19-20H2/b30-29-. The first-order valence-electron chi connectivity index (χ1n) is 11.2. The van der Waals surface area contributed by atoms with Crippen LogP contribution in [0.1, 0.15) is 22.3 Å². The lowest BCUT2D eigenvalue weighted by molar-refractivity contribution is -0.897. The molecule has 1 aliphatic rings. The Morgan fingerprint density at radius 1 is 0.559 bits per heavy atom. The average molecular weight is 453 g/mol. The van der Waals surface area contributed by atoms with Gasteiger partial charge in [-0.15, -0.1) is 0 Å². The summed E-state index contributed by atoms with van der Waals surface area (Å²) in [5, 5.41) is 25.8. The minimum absolute atomic E-state index is 0.331. The molecule has 6 heteroatoms. The number of azo groups is 1. The van der Waals surface area contributed by atoms with Crippen LogP contribution in [0.15, 0.2) is 97.1 Å². The molecular formula is C28H24N2O4. The van der Waals surface area contributed by atoms with E-state index in [0.29, 0.717) is 58.7 Å². The zero-order valence-corrected chi connectivity index (χ0v) is 18.6. The number of aryl methyl sites for hydroxylation is 2. The third-order valence-electron chi connectivity index (χ3n) is 5.84. The molecule has 4 aromatic rings. The van der Waals surface area contributed by atoms with Crippen molar-refractivity contribution >= 4 is 11.4 Å². The van der Waals surface area contributed by atoms with Crippen molar-refractivity contribution in [3.63, 3.8) is 0 Å². The highest BCUT2D eigenvalue weighted by atomic mass is 16.6. The van der Waals surface area contributed by atoms with Crippen LogP contribution in [-0.4, -0.2) is 9.72 Å². The van der Waals surface area contributed by atoms with Crippen LogP contribution in [0.25, 0.3) is 0 Å². The van der Waals surface area contributed by atoms with Crippen molar-refractivity contribution in [2.24, 2.45) is 0 Å². The van der Waals surface area contributed by atoms with Crippen LogP contribution >= 0.6 is 0 Å². The summed E-state index contributed by atoms with van der Waals surface area (Å²) in [7, 11) is 0. The molecule has 4 aromatic carbocycles. The maximum atomic E-state index is 12.9. The Morgan fingerprint density at radius 2 is 0.971 bits per heavy atom. The van der Waals surface area contributed by atoms with E-state index in [1.807, 2.05) is 72.8 Å². The Balaban J connectivity index is 1.37. The van der Waals surface area contributed by atoms with E-state index >= 15 is 0 Å². The van der Waals surface area contributed by atoms with Crippen LogP contribution in [-0.2, 0) is 26.1 Å². The van der Waals surface area contributed by atoms with Crippen LogP contribution in [0.2, 0.25) is 0 Å². The van der Waals surface area contributed by atoms with Crippen LogP contribution in [0.3, 0.4) is 0 Å². The molecule has 0 radical (unpaired) electrons. The molecule has 1 heterocycles. The molecule has 0 atom stereocenters. The summed E-state index contributed by atoms with van der Waals surface area (Å²) >= 11 is 0. The van der Waals surface area contributed by atoms with Gasteiger partial charge >= 0.3 is 0 Å². The second-order valence-electron chi connectivity index (χ2n) is 8.18. The number of rotatable bonds is 6. The summed E-state index contributed by atoms with van der Waals surface area (Å²) in [5.74, 6) is 1.32. The maximum absolute atomic E-state index is 12.9. The highest BCUT2D eigenvalue weighted by Gasteiger charge is 2.27. The SMILES string of the molecule is [O-]/[N+]1=[N+](\[O-])c2ccc(OCc3ccccc3)cc2CCc2cc(OCc3ccccc3)ccc21. The number of hydrogen-bond donors (Lipinski definition) is 0. The van der Waals surface area contributed by atoms with Gasteiger partial charge in [-0.05, 0) is 48.2 Å². The summed E-state index contributed by atoms with van der Waals surface area (Å²) in [6, 6.07) is 30.2. The van der Waals surface area contributed by atoms with Gasteiger partial charge in [0, 0.05) is 23.3 Å². The Labute approximate surface area is 198 Å². The number of fused-ring (bicyclic) bond motifs is 2. The first-order valence-corrected chi connectivity index (χ1v) is 11.2. The third kappa shape index (κ3) is 4.71. The smallest absolute Gasteiger partial charge is 0.291 e. The van der Waals surface area contributed by atoms with E-state index in [-0.39, 0.29) is 0 Å². The predicted octanol–water partition coefficient (Wildman–Crippen LogP) is 6.38. The summed E-state index contributed by atoms with van der Waals surface area (Å²) in [4.78, 5) is 0.803. The van der Waals surface area contributed by atoms with Crippen molar-refractivity contribution in [1.29, 1.82) is 0 Å². The van der Waals surface area contributed by atoms with Crippen molar-refractivity contribution in [3.05, 3.63) is 130 Å². The monoisotopic (exact) mass is 452 g/mol. The summed E-state index contributed by atoms with van der Waals surface area (Å²) < 4.78 is 11.8. The molecule has 0 saturated carbocycles. The average Bonchev–Trinajstić information content (AvgIpc) is 2.89. The molecule has 0 N–H and O–H groups in total. The van der Waals surface area contributed by atoms with Crippen molar-refractivity contribution in [1.82, 2.24) is 0 Å². The molecule has 1 aliphatic heterocycles. The molecule has 0 aliphatic carbocycles. The largest absolute Gasteiger partial charge is 0.561 e. The van der Waals surface area contributed by atoms with E-state index in [2.05, 4.69) is 0 Å². The molecule has 0 bridgehead atoms. The van der Waals surface area contributed by atoms with Gasteiger partial charge in [0.1, 0.15) is 24.7 Å². The lowest BCUT2D eigenvalue weighted by Gasteiger charge is -2.15. The maximum Gasteiger partial charge on any atom is 0.291 e. The van der Waals surface area contributed by atoms with Crippen molar-refractivity contribution in [2.75, 3.05) is 0 Å². The Bertz CT molecular complexity index is 1220. The second-order valence-corrected chi connectivity index (χ2v) is 8.18. The number of nitrogens with zero attached hydrogens (tertiary/aromatic N) is 2. The lowest BCUT2D eigenvalue weighted by Crippen LogP contribution is -2.15. The van der Waals surface area contributed by atoms with Crippen molar-refractivity contribution < 1.29 is 19.2 Å². The Hall–Kier alpha value is -4.32. The fourth-order valence-corrected chi connectivity index (χ4v) is 4.02. The van der Waals surface area contributed by atoms with Gasteiger partial charge < -0.3 is 19.9 Å². The molecule has 6 nitrogen and oxygen atoms in total. The molecular weight excluding hydrogens is 428 g/mol. The van der Waals surface area contributed by atoms with Crippen LogP contribution in [0.5, 0.6) is 11.5 Å². The minimum Gasteiger partial charge on any atom is -0.561 e. The zero-order chi connectivity index (χ0) is 23.3. The van der Waals surface area contributed by atoms with Gasteiger partial charge in [-0.1, -0.05) is 60.7 Å². The Kier molecular flexibility index (Phi) is 6.12. The van der Waals surface area contributed by atoms with Crippen molar-refractivity contribution in [2.45, 2.75) is 26.1 Å². The first kappa shape index (κ1) is 21.5. The quantitative estimate of drug-likeness (QED) is 0.251. The Morgan fingerprint density at radius 3 is 1.38 bits per heavy atom. The molecule has 0 spiro atoms. The molecule has 34 heavy (non-hydrogen) atoms. The topological polar surface area (TPSA) is 70.6 Å². The number of hydrogen-bond acceptors (Lipinski definition) is 4. The normalized spacial score (nSPS) is 14.9. The number of ether oxygens (including phenoxy) is 2. The van der Waals surface area contributed by atoms with Gasteiger partial charge in [0.05, 0.1) is 9.72 Å². The second kappa shape index (κ2) is 9.67. The molecule has 0 unspecified atom stereocenters. The zero-order valence-electron chi connectivity index (χ0n) is 18.6. The fourth-order valence-electron chi connectivity index (χ4n) is 4.02. The van der Waals surface area contributed by atoms with Gasteiger partial charge in [0.25, 0.3) is 11.4 Å². The van der Waals surface area contributed by atoms with Gasteiger partial charge in [-0.3, -0.25) is 0 Å². The molecule has 5 rings (SSSR count).